The Morgan fingerprint density at radius 3 is 2.93 bits per heavy atom. The molecule has 1 fully saturated rings. The van der Waals surface area contributed by atoms with Crippen molar-refractivity contribution in [2.75, 3.05) is 0 Å². The second-order valence-corrected chi connectivity index (χ2v) is 4.31. The minimum Gasteiger partial charge on any atom is -0.335 e. The van der Waals surface area contributed by atoms with Gasteiger partial charge in [-0.15, -0.1) is 0 Å². The maximum absolute atomic E-state index is 13.3. The molecule has 15 heavy (non-hydrogen) atoms. The van der Waals surface area contributed by atoms with E-state index in [1.807, 2.05) is 17.7 Å². The lowest BCUT2D eigenvalue weighted by atomic mass is 10.0. The number of imidazole rings is 1. The van der Waals surface area contributed by atoms with Crippen LogP contribution in [0.3, 0.4) is 0 Å². The number of hydrogen-bond donors (Lipinski definition) is 0. The fraction of sp³-hybridized carbons (Fsp3) is 0.727. The summed E-state index contributed by atoms with van der Waals surface area (Å²) in [6.07, 6.45) is 5.52. The molecule has 1 aromatic heterocycles. The minimum absolute atomic E-state index is 0.0700. The summed E-state index contributed by atoms with van der Waals surface area (Å²) in [4.78, 5) is 4.07. The second-order valence-electron chi connectivity index (χ2n) is 4.31. The number of rotatable bonds is 3. The van der Waals surface area contributed by atoms with Crippen LogP contribution in [0.5, 0.6) is 0 Å². The molecule has 0 aliphatic heterocycles. The number of halogens is 2. The molecule has 1 saturated carbocycles. The van der Waals surface area contributed by atoms with Gasteiger partial charge in [0, 0.05) is 31.3 Å². The highest BCUT2D eigenvalue weighted by atomic mass is 19.3. The average Bonchev–Trinajstić information content (AvgIpc) is 2.69. The van der Waals surface area contributed by atoms with E-state index in [9.17, 15) is 8.78 Å². The van der Waals surface area contributed by atoms with Gasteiger partial charge in [-0.3, -0.25) is 0 Å². The van der Waals surface area contributed by atoms with Gasteiger partial charge in [0.1, 0.15) is 5.82 Å². The molecule has 0 aromatic carbocycles. The zero-order valence-electron chi connectivity index (χ0n) is 8.92. The molecule has 0 saturated heterocycles. The van der Waals surface area contributed by atoms with Crippen LogP contribution in [0.15, 0.2) is 12.4 Å². The summed E-state index contributed by atoms with van der Waals surface area (Å²) in [6.45, 7) is 2.55. The monoisotopic (exact) mass is 214 g/mol. The minimum atomic E-state index is -2.44. The van der Waals surface area contributed by atoms with E-state index in [2.05, 4.69) is 4.98 Å². The number of hydrogen-bond acceptors (Lipinski definition) is 1. The Kier molecular flexibility index (Phi) is 2.76. The molecule has 0 spiro atoms. The summed E-state index contributed by atoms with van der Waals surface area (Å²) >= 11 is 0. The molecule has 0 amide bonds. The molecule has 0 unspecified atom stereocenters. The molecule has 4 heteroatoms. The molecule has 1 aliphatic carbocycles. The van der Waals surface area contributed by atoms with E-state index in [4.69, 9.17) is 0 Å². The van der Waals surface area contributed by atoms with Gasteiger partial charge in [0.2, 0.25) is 0 Å². The SMILES string of the molecule is Cc1nccn1CC[C@H]1CCCC1(F)F. The summed E-state index contributed by atoms with van der Waals surface area (Å²) < 4.78 is 28.6. The number of aromatic nitrogens is 2. The summed E-state index contributed by atoms with van der Waals surface area (Å²) in [6, 6.07) is 0. The second kappa shape index (κ2) is 3.91. The lowest BCUT2D eigenvalue weighted by molar-refractivity contribution is -0.0406. The van der Waals surface area contributed by atoms with E-state index >= 15 is 0 Å². The van der Waals surface area contributed by atoms with Gasteiger partial charge in [-0.1, -0.05) is 0 Å². The average molecular weight is 214 g/mol. The topological polar surface area (TPSA) is 17.8 Å². The van der Waals surface area contributed by atoms with Gasteiger partial charge in [-0.25, -0.2) is 13.8 Å². The number of alkyl halides is 2. The molecule has 0 N–H and O–H groups in total. The van der Waals surface area contributed by atoms with Crippen molar-refractivity contribution in [2.45, 2.75) is 45.1 Å². The molecule has 1 aromatic rings. The van der Waals surface area contributed by atoms with Gasteiger partial charge < -0.3 is 4.57 Å². The van der Waals surface area contributed by atoms with Gasteiger partial charge in [0.25, 0.3) is 5.92 Å². The van der Waals surface area contributed by atoms with Crippen LogP contribution in [-0.2, 0) is 6.54 Å². The first-order valence-electron chi connectivity index (χ1n) is 5.45. The first-order chi connectivity index (χ1) is 7.09. The largest absolute Gasteiger partial charge is 0.335 e. The molecule has 2 rings (SSSR count). The van der Waals surface area contributed by atoms with Crippen LogP contribution in [0.2, 0.25) is 0 Å². The molecule has 0 bridgehead atoms. The zero-order chi connectivity index (χ0) is 10.9. The van der Waals surface area contributed by atoms with Crippen LogP contribution in [0.4, 0.5) is 8.78 Å². The molecule has 1 heterocycles. The Morgan fingerprint density at radius 1 is 1.60 bits per heavy atom. The fourth-order valence-electron chi connectivity index (χ4n) is 2.29. The van der Waals surface area contributed by atoms with Crippen molar-refractivity contribution in [2.24, 2.45) is 5.92 Å². The number of aryl methyl sites for hydroxylation is 2. The normalized spacial score (nSPS) is 24.6. The summed E-state index contributed by atoms with van der Waals surface area (Å²) in [5, 5.41) is 0. The predicted molar refractivity (Wildman–Crippen MR) is 53.9 cm³/mol. The first kappa shape index (κ1) is 10.6. The highest BCUT2D eigenvalue weighted by Gasteiger charge is 2.43. The van der Waals surface area contributed by atoms with Crippen LogP contribution in [0.25, 0.3) is 0 Å². The van der Waals surface area contributed by atoms with E-state index in [0.717, 1.165) is 5.82 Å². The van der Waals surface area contributed by atoms with Crippen LogP contribution >= 0.6 is 0 Å². The highest BCUT2D eigenvalue weighted by molar-refractivity contribution is 4.90. The summed E-state index contributed by atoms with van der Waals surface area (Å²) in [7, 11) is 0. The Bertz CT molecular complexity index is 333. The van der Waals surface area contributed by atoms with E-state index in [1.165, 1.54) is 0 Å². The van der Waals surface area contributed by atoms with Crippen molar-refractivity contribution in [3.05, 3.63) is 18.2 Å². The van der Waals surface area contributed by atoms with Crippen LogP contribution in [0.1, 0.15) is 31.5 Å². The van der Waals surface area contributed by atoms with Gasteiger partial charge in [-0.05, 0) is 26.2 Å². The molecular formula is C11H16F2N2. The van der Waals surface area contributed by atoms with Gasteiger partial charge >= 0.3 is 0 Å². The lowest BCUT2D eigenvalue weighted by Gasteiger charge is -2.19. The molecule has 84 valence electrons. The van der Waals surface area contributed by atoms with E-state index < -0.39 is 11.8 Å². The maximum Gasteiger partial charge on any atom is 0.251 e. The van der Waals surface area contributed by atoms with E-state index in [0.29, 0.717) is 25.8 Å². The fourth-order valence-corrected chi connectivity index (χ4v) is 2.29. The molecule has 0 radical (unpaired) electrons. The van der Waals surface area contributed by atoms with Gasteiger partial charge in [0.05, 0.1) is 0 Å². The summed E-state index contributed by atoms with van der Waals surface area (Å²) in [5.41, 5.74) is 0. The Labute approximate surface area is 88.3 Å². The zero-order valence-corrected chi connectivity index (χ0v) is 8.92. The molecular weight excluding hydrogens is 198 g/mol. The van der Waals surface area contributed by atoms with Crippen molar-refractivity contribution in [3.63, 3.8) is 0 Å². The lowest BCUT2D eigenvalue weighted by Crippen LogP contribution is -2.23. The smallest absolute Gasteiger partial charge is 0.251 e. The van der Waals surface area contributed by atoms with E-state index in [1.54, 1.807) is 6.20 Å². The third-order valence-electron chi connectivity index (χ3n) is 3.30. The molecule has 1 atom stereocenters. The first-order valence-corrected chi connectivity index (χ1v) is 5.45. The van der Waals surface area contributed by atoms with Gasteiger partial charge in [0.15, 0.2) is 0 Å². The standard InChI is InChI=1S/C11H16F2N2/c1-9-14-6-8-15(9)7-4-10-3-2-5-11(10,12)13/h6,8,10H,2-5,7H2,1H3/t10-/m1/s1. The van der Waals surface area contributed by atoms with Crippen molar-refractivity contribution in [3.8, 4) is 0 Å². The van der Waals surface area contributed by atoms with Crippen molar-refractivity contribution in [1.29, 1.82) is 0 Å². The van der Waals surface area contributed by atoms with Crippen LogP contribution in [-0.4, -0.2) is 15.5 Å². The Balaban J connectivity index is 1.91. The number of nitrogens with zero attached hydrogens (tertiary/aromatic N) is 2. The maximum atomic E-state index is 13.3. The van der Waals surface area contributed by atoms with E-state index in [-0.39, 0.29) is 6.42 Å². The molecule has 2 nitrogen and oxygen atoms in total. The third-order valence-corrected chi connectivity index (χ3v) is 3.30. The molecule has 1 aliphatic rings. The van der Waals surface area contributed by atoms with Gasteiger partial charge in [-0.2, -0.15) is 0 Å². The Morgan fingerprint density at radius 2 is 2.40 bits per heavy atom. The van der Waals surface area contributed by atoms with Crippen molar-refractivity contribution < 1.29 is 8.78 Å². The summed E-state index contributed by atoms with van der Waals surface area (Å²) in [5.74, 6) is -1.97. The van der Waals surface area contributed by atoms with Crippen LogP contribution in [0, 0.1) is 12.8 Å². The van der Waals surface area contributed by atoms with Crippen LogP contribution < -0.4 is 0 Å². The van der Waals surface area contributed by atoms with Crippen molar-refractivity contribution >= 4 is 0 Å². The Hall–Kier alpha value is -0.930. The third kappa shape index (κ3) is 2.19. The quantitative estimate of drug-likeness (QED) is 0.756. The highest BCUT2D eigenvalue weighted by Crippen LogP contribution is 2.42. The van der Waals surface area contributed by atoms with Crippen molar-refractivity contribution in [1.82, 2.24) is 9.55 Å². The predicted octanol–water partition coefficient (Wildman–Crippen LogP) is 3.02.